The molecule has 0 fully saturated rings. The number of ether oxygens (including phenoxy) is 1. The van der Waals surface area contributed by atoms with E-state index in [1.807, 2.05) is 13.8 Å². The third-order valence-corrected chi connectivity index (χ3v) is 5.32. The van der Waals surface area contributed by atoms with Crippen molar-refractivity contribution in [2.45, 2.75) is 44.1 Å². The number of nitrogens with one attached hydrogen (secondary N) is 1. The maximum atomic E-state index is 12.2. The molecule has 1 aromatic carbocycles. The van der Waals surface area contributed by atoms with Gasteiger partial charge in [-0.1, -0.05) is 0 Å². The standard InChI is InChI=1S/C15H22N2O4S.ClH/c1-9(22(4,19)20)14(18)17-12-8-15(2,3)21-13-6-5-10(16)7-11(12)13;/h5-7,9,12H,8,16H2,1-4H3,(H,17,18);1H. The van der Waals surface area contributed by atoms with Crippen molar-refractivity contribution in [1.29, 1.82) is 0 Å². The number of hydrogen-bond donors (Lipinski definition) is 2. The SMILES string of the molecule is CC(C(=O)NC1CC(C)(C)Oc2ccc(N)cc21)S(C)(=O)=O.Cl. The lowest BCUT2D eigenvalue weighted by molar-refractivity contribution is -0.121. The molecule has 130 valence electrons. The van der Waals surface area contributed by atoms with Gasteiger partial charge in [-0.25, -0.2) is 8.42 Å². The number of benzene rings is 1. The van der Waals surface area contributed by atoms with Crippen LogP contribution in [0.2, 0.25) is 0 Å². The van der Waals surface area contributed by atoms with Crippen LogP contribution in [0.25, 0.3) is 0 Å². The fraction of sp³-hybridized carbons (Fsp3) is 0.533. The van der Waals surface area contributed by atoms with Gasteiger partial charge < -0.3 is 15.8 Å². The Morgan fingerprint density at radius 2 is 2.04 bits per heavy atom. The van der Waals surface area contributed by atoms with Crippen molar-refractivity contribution in [3.05, 3.63) is 23.8 Å². The average Bonchev–Trinajstić information content (AvgIpc) is 2.36. The number of hydrogen-bond acceptors (Lipinski definition) is 5. The largest absolute Gasteiger partial charge is 0.487 e. The summed E-state index contributed by atoms with van der Waals surface area (Å²) in [6.45, 7) is 5.23. The van der Waals surface area contributed by atoms with Crippen molar-refractivity contribution in [2.24, 2.45) is 0 Å². The predicted octanol–water partition coefficient (Wildman–Crippen LogP) is 1.84. The number of anilines is 1. The van der Waals surface area contributed by atoms with Gasteiger partial charge in [-0.05, 0) is 39.0 Å². The summed E-state index contributed by atoms with van der Waals surface area (Å²) in [6, 6.07) is 4.92. The van der Waals surface area contributed by atoms with Crippen LogP contribution in [0.3, 0.4) is 0 Å². The van der Waals surface area contributed by atoms with E-state index in [0.717, 1.165) is 11.8 Å². The number of nitrogen functional groups attached to an aromatic ring is 1. The van der Waals surface area contributed by atoms with Crippen LogP contribution in [0.4, 0.5) is 5.69 Å². The molecule has 0 aliphatic carbocycles. The molecule has 2 rings (SSSR count). The molecule has 1 heterocycles. The fourth-order valence-corrected chi connectivity index (χ4v) is 2.94. The van der Waals surface area contributed by atoms with Gasteiger partial charge in [0, 0.05) is 23.9 Å². The molecule has 0 aromatic heterocycles. The summed E-state index contributed by atoms with van der Waals surface area (Å²) in [5.41, 5.74) is 6.68. The monoisotopic (exact) mass is 362 g/mol. The van der Waals surface area contributed by atoms with Gasteiger partial charge in [0.1, 0.15) is 16.6 Å². The van der Waals surface area contributed by atoms with E-state index < -0.39 is 26.6 Å². The molecular weight excluding hydrogens is 340 g/mol. The van der Waals surface area contributed by atoms with Crippen LogP contribution in [0, 0.1) is 0 Å². The molecule has 8 heteroatoms. The molecule has 0 radical (unpaired) electrons. The van der Waals surface area contributed by atoms with Crippen molar-refractivity contribution in [1.82, 2.24) is 5.32 Å². The minimum atomic E-state index is -3.44. The summed E-state index contributed by atoms with van der Waals surface area (Å²) in [5.74, 6) is 0.140. The van der Waals surface area contributed by atoms with Gasteiger partial charge in [0.05, 0.1) is 6.04 Å². The second-order valence-electron chi connectivity index (χ2n) is 6.40. The number of carbonyl (C=O) groups excluding carboxylic acids is 1. The first-order valence-corrected chi connectivity index (χ1v) is 9.03. The van der Waals surface area contributed by atoms with E-state index in [4.69, 9.17) is 10.5 Å². The molecule has 6 nitrogen and oxygen atoms in total. The lowest BCUT2D eigenvalue weighted by atomic mass is 9.89. The molecule has 1 amide bonds. The highest BCUT2D eigenvalue weighted by Gasteiger charge is 2.36. The summed E-state index contributed by atoms with van der Waals surface area (Å²) in [7, 11) is -3.44. The highest BCUT2D eigenvalue weighted by molar-refractivity contribution is 7.92. The molecule has 0 spiro atoms. The van der Waals surface area contributed by atoms with E-state index >= 15 is 0 Å². The summed E-state index contributed by atoms with van der Waals surface area (Å²) >= 11 is 0. The maximum absolute atomic E-state index is 12.2. The second kappa shape index (κ2) is 6.57. The van der Waals surface area contributed by atoms with Crippen LogP contribution in [0.15, 0.2) is 18.2 Å². The van der Waals surface area contributed by atoms with E-state index in [-0.39, 0.29) is 18.4 Å². The van der Waals surface area contributed by atoms with Gasteiger partial charge in [0.15, 0.2) is 9.84 Å². The summed E-state index contributed by atoms with van der Waals surface area (Å²) in [5, 5.41) is 1.72. The molecule has 0 saturated heterocycles. The lowest BCUT2D eigenvalue weighted by Gasteiger charge is -2.38. The Balaban J connectivity index is 0.00000264. The van der Waals surface area contributed by atoms with Crippen LogP contribution in [0.1, 0.15) is 38.8 Å². The zero-order chi connectivity index (χ0) is 16.7. The molecule has 3 N–H and O–H groups in total. The maximum Gasteiger partial charge on any atom is 0.238 e. The molecule has 1 aromatic rings. The van der Waals surface area contributed by atoms with E-state index in [1.54, 1.807) is 18.2 Å². The van der Waals surface area contributed by atoms with Gasteiger partial charge >= 0.3 is 0 Å². The van der Waals surface area contributed by atoms with Crippen molar-refractivity contribution >= 4 is 33.8 Å². The third kappa shape index (κ3) is 4.51. The second-order valence-corrected chi connectivity index (χ2v) is 8.76. The molecule has 2 unspecified atom stereocenters. The number of halogens is 1. The number of amides is 1. The van der Waals surface area contributed by atoms with Crippen molar-refractivity contribution in [3.63, 3.8) is 0 Å². The number of sulfone groups is 1. The quantitative estimate of drug-likeness (QED) is 0.799. The van der Waals surface area contributed by atoms with E-state index in [0.29, 0.717) is 17.9 Å². The first kappa shape index (κ1) is 19.6. The van der Waals surface area contributed by atoms with Gasteiger partial charge in [-0.3, -0.25) is 4.79 Å². The van der Waals surface area contributed by atoms with Crippen molar-refractivity contribution in [2.75, 3.05) is 12.0 Å². The minimum Gasteiger partial charge on any atom is -0.487 e. The first-order chi connectivity index (χ1) is 9.99. The van der Waals surface area contributed by atoms with Crippen LogP contribution < -0.4 is 15.8 Å². The van der Waals surface area contributed by atoms with Crippen LogP contribution in [-0.2, 0) is 14.6 Å². The van der Waals surface area contributed by atoms with Crippen molar-refractivity contribution < 1.29 is 17.9 Å². The first-order valence-electron chi connectivity index (χ1n) is 7.07. The zero-order valence-corrected chi connectivity index (χ0v) is 15.3. The topological polar surface area (TPSA) is 98.5 Å². The third-order valence-electron chi connectivity index (χ3n) is 3.82. The highest BCUT2D eigenvalue weighted by atomic mass is 35.5. The van der Waals surface area contributed by atoms with Crippen molar-refractivity contribution in [3.8, 4) is 5.75 Å². The Hall–Kier alpha value is -1.47. The Labute approximate surface area is 143 Å². The van der Waals surface area contributed by atoms with Gasteiger partial charge in [-0.15, -0.1) is 12.4 Å². The molecule has 2 atom stereocenters. The number of rotatable bonds is 3. The van der Waals surface area contributed by atoms with Gasteiger partial charge in [0.25, 0.3) is 0 Å². The smallest absolute Gasteiger partial charge is 0.238 e. The molecular formula is C15H23ClN2O4S. The Kier molecular flexibility index (Phi) is 5.59. The Morgan fingerprint density at radius 3 is 2.61 bits per heavy atom. The molecule has 23 heavy (non-hydrogen) atoms. The number of fused-ring (bicyclic) bond motifs is 1. The lowest BCUT2D eigenvalue weighted by Crippen LogP contribution is -2.45. The van der Waals surface area contributed by atoms with E-state index in [2.05, 4.69) is 5.32 Å². The molecule has 1 aliphatic heterocycles. The van der Waals surface area contributed by atoms with Crippen LogP contribution >= 0.6 is 12.4 Å². The molecule has 0 saturated carbocycles. The normalized spacial score (nSPS) is 20.4. The number of carbonyl (C=O) groups is 1. The Morgan fingerprint density at radius 1 is 1.43 bits per heavy atom. The summed E-state index contributed by atoms with van der Waals surface area (Å²) in [4.78, 5) is 12.2. The van der Waals surface area contributed by atoms with Gasteiger partial charge in [-0.2, -0.15) is 0 Å². The van der Waals surface area contributed by atoms with Crippen LogP contribution in [-0.4, -0.2) is 31.4 Å². The molecule has 1 aliphatic rings. The molecule has 0 bridgehead atoms. The average molecular weight is 363 g/mol. The zero-order valence-electron chi connectivity index (χ0n) is 13.6. The van der Waals surface area contributed by atoms with Gasteiger partial charge in [0.2, 0.25) is 5.91 Å². The highest BCUT2D eigenvalue weighted by Crippen LogP contribution is 2.40. The minimum absolute atomic E-state index is 0. The fourth-order valence-electron chi connectivity index (χ4n) is 2.49. The van der Waals surface area contributed by atoms with Crippen LogP contribution in [0.5, 0.6) is 5.75 Å². The summed E-state index contributed by atoms with van der Waals surface area (Å²) in [6.07, 6.45) is 1.59. The van der Waals surface area contributed by atoms with E-state index in [1.165, 1.54) is 6.92 Å². The predicted molar refractivity (Wildman–Crippen MR) is 92.6 cm³/mol. The van der Waals surface area contributed by atoms with E-state index in [9.17, 15) is 13.2 Å². The summed E-state index contributed by atoms with van der Waals surface area (Å²) < 4.78 is 29.0. The number of nitrogens with two attached hydrogens (primary N) is 1. The Bertz CT molecular complexity index is 703.